The summed E-state index contributed by atoms with van der Waals surface area (Å²) in [5.74, 6) is 0.486. The van der Waals surface area contributed by atoms with Gasteiger partial charge in [-0.3, -0.25) is 0 Å². The minimum absolute atomic E-state index is 0.0215. The Morgan fingerprint density at radius 2 is 1.32 bits per heavy atom. The van der Waals surface area contributed by atoms with E-state index in [9.17, 15) is 5.11 Å². The molecule has 0 aliphatic rings. The van der Waals surface area contributed by atoms with Gasteiger partial charge >= 0.3 is 0 Å². The van der Waals surface area contributed by atoms with Crippen molar-refractivity contribution in [2.45, 2.75) is 78.6 Å². The summed E-state index contributed by atoms with van der Waals surface area (Å²) < 4.78 is 0. The second-order valence-corrected chi connectivity index (χ2v) is 7.64. The average molecular weight is 262 g/mol. The summed E-state index contributed by atoms with van der Waals surface area (Å²) in [5.41, 5.74) is 3.46. The minimum atomic E-state index is -0.0215. The molecule has 1 nitrogen and oxygen atoms in total. The monoisotopic (exact) mass is 262 g/mol. The molecule has 0 amide bonds. The van der Waals surface area contributed by atoms with E-state index in [1.807, 2.05) is 0 Å². The van der Waals surface area contributed by atoms with E-state index >= 15 is 0 Å². The number of unbranched alkanes of at least 4 members (excludes halogenated alkanes) is 1. The lowest BCUT2D eigenvalue weighted by molar-refractivity contribution is 0.422. The van der Waals surface area contributed by atoms with E-state index in [4.69, 9.17) is 0 Å². The molecule has 1 aromatic rings. The van der Waals surface area contributed by atoms with E-state index in [0.29, 0.717) is 5.75 Å². The maximum absolute atomic E-state index is 10.6. The van der Waals surface area contributed by atoms with Gasteiger partial charge in [0.25, 0.3) is 0 Å². The number of phenols is 1. The van der Waals surface area contributed by atoms with Gasteiger partial charge in [0.1, 0.15) is 5.75 Å². The van der Waals surface area contributed by atoms with Gasteiger partial charge < -0.3 is 5.11 Å². The van der Waals surface area contributed by atoms with Gasteiger partial charge in [-0.2, -0.15) is 0 Å². The lowest BCUT2D eigenvalue weighted by Crippen LogP contribution is -2.17. The van der Waals surface area contributed by atoms with E-state index in [0.717, 1.165) is 17.5 Å². The van der Waals surface area contributed by atoms with Gasteiger partial charge in [0.2, 0.25) is 0 Å². The van der Waals surface area contributed by atoms with Crippen LogP contribution in [0, 0.1) is 0 Å². The molecule has 108 valence electrons. The third-order valence-electron chi connectivity index (χ3n) is 3.60. The van der Waals surface area contributed by atoms with E-state index in [2.05, 4.69) is 60.6 Å². The first-order chi connectivity index (χ1) is 8.57. The molecular formula is C18H30O. The molecule has 0 atom stereocenters. The van der Waals surface area contributed by atoms with Crippen molar-refractivity contribution in [2.75, 3.05) is 0 Å². The summed E-state index contributed by atoms with van der Waals surface area (Å²) in [6.07, 6.45) is 3.51. The van der Waals surface area contributed by atoms with Crippen LogP contribution in [0.15, 0.2) is 12.1 Å². The quantitative estimate of drug-likeness (QED) is 0.780. The van der Waals surface area contributed by atoms with Crippen LogP contribution < -0.4 is 0 Å². The van der Waals surface area contributed by atoms with Gasteiger partial charge in [0.05, 0.1) is 0 Å². The molecule has 1 rings (SSSR count). The Morgan fingerprint density at radius 3 is 1.63 bits per heavy atom. The number of aromatic hydroxyl groups is 1. The zero-order chi connectivity index (χ0) is 14.8. The average Bonchev–Trinajstić information content (AvgIpc) is 2.24. The van der Waals surface area contributed by atoms with Crippen LogP contribution in [0.1, 0.15) is 78.0 Å². The number of aryl methyl sites for hydroxylation is 1. The van der Waals surface area contributed by atoms with Crippen molar-refractivity contribution >= 4 is 0 Å². The van der Waals surface area contributed by atoms with Crippen molar-refractivity contribution in [1.29, 1.82) is 0 Å². The third kappa shape index (κ3) is 3.99. The molecule has 0 radical (unpaired) electrons. The van der Waals surface area contributed by atoms with Crippen molar-refractivity contribution in [2.24, 2.45) is 0 Å². The molecule has 1 heteroatoms. The van der Waals surface area contributed by atoms with E-state index < -0.39 is 0 Å². The predicted molar refractivity (Wildman–Crippen MR) is 84.1 cm³/mol. The van der Waals surface area contributed by atoms with Crippen LogP contribution in [0.25, 0.3) is 0 Å². The lowest BCUT2D eigenvalue weighted by Gasteiger charge is -2.28. The Morgan fingerprint density at radius 1 is 0.895 bits per heavy atom. The molecule has 1 N–H and O–H groups in total. The van der Waals surface area contributed by atoms with Crippen LogP contribution in [0.5, 0.6) is 5.75 Å². The summed E-state index contributed by atoms with van der Waals surface area (Å²) in [6.45, 7) is 15.2. The number of hydrogen-bond acceptors (Lipinski definition) is 1. The fourth-order valence-electron chi connectivity index (χ4n) is 2.36. The fourth-order valence-corrected chi connectivity index (χ4v) is 2.36. The minimum Gasteiger partial charge on any atom is -0.507 e. The lowest BCUT2D eigenvalue weighted by atomic mass is 9.78. The Balaban J connectivity index is 3.39. The Bertz CT molecular complexity index is 395. The highest BCUT2D eigenvalue weighted by Gasteiger charge is 2.26. The van der Waals surface area contributed by atoms with Crippen molar-refractivity contribution in [3.05, 3.63) is 28.8 Å². The van der Waals surface area contributed by atoms with Crippen LogP contribution in [-0.2, 0) is 17.3 Å². The van der Waals surface area contributed by atoms with Gasteiger partial charge in [-0.25, -0.2) is 0 Å². The zero-order valence-electron chi connectivity index (χ0n) is 13.7. The van der Waals surface area contributed by atoms with Gasteiger partial charge in [-0.15, -0.1) is 0 Å². The second-order valence-electron chi connectivity index (χ2n) is 7.64. The fraction of sp³-hybridized carbons (Fsp3) is 0.667. The Labute approximate surface area is 119 Å². The summed E-state index contributed by atoms with van der Waals surface area (Å²) in [7, 11) is 0. The summed E-state index contributed by atoms with van der Waals surface area (Å²) in [6, 6.07) is 4.39. The standard InChI is InChI=1S/C18H30O/c1-8-9-10-13-11-14(17(2,3)4)16(19)15(12-13)18(5,6)7/h11-12,19H,8-10H2,1-7H3. The largest absolute Gasteiger partial charge is 0.507 e. The van der Waals surface area contributed by atoms with Gasteiger partial charge in [-0.05, 0) is 40.4 Å². The van der Waals surface area contributed by atoms with Crippen LogP contribution >= 0.6 is 0 Å². The molecule has 0 saturated heterocycles. The van der Waals surface area contributed by atoms with Gasteiger partial charge in [0.15, 0.2) is 0 Å². The zero-order valence-corrected chi connectivity index (χ0v) is 13.7. The van der Waals surface area contributed by atoms with Gasteiger partial charge in [-0.1, -0.05) is 67.0 Å². The number of hydrogen-bond donors (Lipinski definition) is 1. The predicted octanol–water partition coefficient (Wildman–Crippen LogP) is 5.33. The second kappa shape index (κ2) is 5.56. The summed E-state index contributed by atoms with van der Waals surface area (Å²) in [4.78, 5) is 0. The SMILES string of the molecule is CCCCc1cc(C(C)(C)C)c(O)c(C(C)(C)C)c1. The van der Waals surface area contributed by atoms with Crippen molar-refractivity contribution in [3.63, 3.8) is 0 Å². The van der Waals surface area contributed by atoms with Crippen LogP contribution in [0.2, 0.25) is 0 Å². The van der Waals surface area contributed by atoms with E-state index in [1.165, 1.54) is 18.4 Å². The summed E-state index contributed by atoms with van der Waals surface area (Å²) in [5, 5.41) is 10.6. The maximum atomic E-state index is 10.6. The molecule has 19 heavy (non-hydrogen) atoms. The molecular weight excluding hydrogens is 232 g/mol. The molecule has 0 spiro atoms. The van der Waals surface area contributed by atoms with Crippen LogP contribution in [-0.4, -0.2) is 5.11 Å². The van der Waals surface area contributed by atoms with Crippen molar-refractivity contribution < 1.29 is 5.11 Å². The highest BCUT2D eigenvalue weighted by molar-refractivity contribution is 5.49. The van der Waals surface area contributed by atoms with Crippen molar-refractivity contribution in [3.8, 4) is 5.75 Å². The molecule has 0 aliphatic heterocycles. The highest BCUT2D eigenvalue weighted by Crippen LogP contribution is 2.39. The van der Waals surface area contributed by atoms with E-state index in [-0.39, 0.29) is 10.8 Å². The highest BCUT2D eigenvalue weighted by atomic mass is 16.3. The van der Waals surface area contributed by atoms with E-state index in [1.54, 1.807) is 0 Å². The normalized spacial score (nSPS) is 12.8. The summed E-state index contributed by atoms with van der Waals surface area (Å²) >= 11 is 0. The first-order valence-electron chi connectivity index (χ1n) is 7.44. The third-order valence-corrected chi connectivity index (χ3v) is 3.60. The van der Waals surface area contributed by atoms with Gasteiger partial charge in [0, 0.05) is 0 Å². The molecule has 1 aromatic carbocycles. The van der Waals surface area contributed by atoms with Crippen LogP contribution in [0.3, 0.4) is 0 Å². The molecule has 0 heterocycles. The molecule has 0 aromatic heterocycles. The van der Waals surface area contributed by atoms with Crippen LogP contribution in [0.4, 0.5) is 0 Å². The van der Waals surface area contributed by atoms with Crippen molar-refractivity contribution in [1.82, 2.24) is 0 Å². The first-order valence-corrected chi connectivity index (χ1v) is 7.44. The number of rotatable bonds is 3. The molecule has 0 unspecified atom stereocenters. The maximum Gasteiger partial charge on any atom is 0.123 e. The molecule has 0 bridgehead atoms. The molecule has 0 fully saturated rings. The Kier molecular flexibility index (Phi) is 4.71. The molecule has 0 saturated carbocycles. The Hall–Kier alpha value is -0.980. The smallest absolute Gasteiger partial charge is 0.123 e. The molecule has 0 aliphatic carbocycles. The first kappa shape index (κ1) is 16.1. The number of phenolic OH excluding ortho intramolecular Hbond substituents is 1. The topological polar surface area (TPSA) is 20.2 Å². The number of benzene rings is 1.